The molecule has 0 aliphatic heterocycles. The molecule has 1 rings (SSSR count). The highest BCUT2D eigenvalue weighted by Crippen LogP contribution is 2.21. The molecule has 0 saturated carbocycles. The zero-order chi connectivity index (χ0) is 9.68. The Kier molecular flexibility index (Phi) is 3.94. The van der Waals surface area contributed by atoms with Crippen LogP contribution in [0.15, 0.2) is 24.3 Å². The van der Waals surface area contributed by atoms with Gasteiger partial charge in [-0.05, 0) is 30.0 Å². The lowest BCUT2D eigenvalue weighted by molar-refractivity contribution is 0.602. The SMILES string of the molecule is CCCCC(C)c1cccc(F)c1. The summed E-state index contributed by atoms with van der Waals surface area (Å²) in [5.74, 6) is 0.358. The molecule has 0 saturated heterocycles. The van der Waals surface area contributed by atoms with Crippen LogP contribution in [-0.4, -0.2) is 0 Å². The van der Waals surface area contributed by atoms with E-state index in [2.05, 4.69) is 13.8 Å². The Bertz CT molecular complexity index is 255. The van der Waals surface area contributed by atoms with Crippen molar-refractivity contribution in [2.24, 2.45) is 0 Å². The summed E-state index contributed by atoms with van der Waals surface area (Å²) in [5.41, 5.74) is 1.12. The molecule has 1 aromatic carbocycles. The number of benzene rings is 1. The molecule has 0 aromatic heterocycles. The number of unbranched alkanes of at least 4 members (excludes halogenated alkanes) is 1. The molecule has 1 atom stereocenters. The molecule has 0 heterocycles. The van der Waals surface area contributed by atoms with Crippen LogP contribution in [0.4, 0.5) is 4.39 Å². The van der Waals surface area contributed by atoms with Crippen molar-refractivity contribution in [3.05, 3.63) is 35.6 Å². The molecule has 0 spiro atoms. The van der Waals surface area contributed by atoms with Crippen molar-refractivity contribution in [3.63, 3.8) is 0 Å². The van der Waals surface area contributed by atoms with Crippen LogP contribution < -0.4 is 0 Å². The smallest absolute Gasteiger partial charge is 0.123 e. The minimum atomic E-state index is -0.124. The number of hydrogen-bond donors (Lipinski definition) is 0. The highest BCUT2D eigenvalue weighted by molar-refractivity contribution is 5.19. The van der Waals surface area contributed by atoms with Gasteiger partial charge in [-0.25, -0.2) is 4.39 Å². The first-order chi connectivity index (χ1) is 6.24. The Balaban J connectivity index is 2.60. The molecule has 1 unspecified atom stereocenters. The van der Waals surface area contributed by atoms with Crippen LogP contribution in [-0.2, 0) is 0 Å². The summed E-state index contributed by atoms with van der Waals surface area (Å²) in [6.07, 6.45) is 3.58. The molecule has 0 amide bonds. The second-order valence-corrected chi connectivity index (χ2v) is 3.60. The van der Waals surface area contributed by atoms with Crippen molar-refractivity contribution in [1.82, 2.24) is 0 Å². The first-order valence-electron chi connectivity index (χ1n) is 4.99. The number of rotatable bonds is 4. The summed E-state index contributed by atoms with van der Waals surface area (Å²) in [6, 6.07) is 6.92. The number of hydrogen-bond acceptors (Lipinski definition) is 0. The van der Waals surface area contributed by atoms with Crippen molar-refractivity contribution < 1.29 is 4.39 Å². The predicted molar refractivity (Wildman–Crippen MR) is 54.3 cm³/mol. The van der Waals surface area contributed by atoms with Crippen LogP contribution in [0.25, 0.3) is 0 Å². The second-order valence-electron chi connectivity index (χ2n) is 3.60. The highest BCUT2D eigenvalue weighted by Gasteiger charge is 2.04. The fraction of sp³-hybridized carbons (Fsp3) is 0.500. The first-order valence-corrected chi connectivity index (χ1v) is 4.99. The van der Waals surface area contributed by atoms with Gasteiger partial charge in [0, 0.05) is 0 Å². The minimum Gasteiger partial charge on any atom is -0.207 e. The normalized spacial score (nSPS) is 12.8. The summed E-state index contributed by atoms with van der Waals surface area (Å²) >= 11 is 0. The van der Waals surface area contributed by atoms with Gasteiger partial charge >= 0.3 is 0 Å². The van der Waals surface area contributed by atoms with Crippen LogP contribution in [0.1, 0.15) is 44.6 Å². The van der Waals surface area contributed by atoms with Gasteiger partial charge < -0.3 is 0 Å². The molecule has 0 bridgehead atoms. The number of halogens is 1. The Labute approximate surface area is 79.8 Å². The van der Waals surface area contributed by atoms with E-state index in [1.165, 1.54) is 18.9 Å². The van der Waals surface area contributed by atoms with Gasteiger partial charge in [-0.1, -0.05) is 38.8 Å². The second kappa shape index (κ2) is 5.00. The molecule has 72 valence electrons. The van der Waals surface area contributed by atoms with E-state index >= 15 is 0 Å². The topological polar surface area (TPSA) is 0 Å². The fourth-order valence-electron chi connectivity index (χ4n) is 1.49. The van der Waals surface area contributed by atoms with E-state index in [4.69, 9.17) is 0 Å². The van der Waals surface area contributed by atoms with Gasteiger partial charge in [-0.3, -0.25) is 0 Å². The molecular weight excluding hydrogens is 163 g/mol. The lowest BCUT2D eigenvalue weighted by Crippen LogP contribution is -1.93. The predicted octanol–water partition coefficient (Wildman–Crippen LogP) is 4.12. The summed E-state index contributed by atoms with van der Waals surface area (Å²) in [6.45, 7) is 4.34. The third-order valence-electron chi connectivity index (χ3n) is 2.41. The van der Waals surface area contributed by atoms with E-state index < -0.39 is 0 Å². The average molecular weight is 180 g/mol. The Hall–Kier alpha value is -0.850. The van der Waals surface area contributed by atoms with Gasteiger partial charge in [0.2, 0.25) is 0 Å². The molecule has 0 aliphatic carbocycles. The minimum absolute atomic E-state index is 0.124. The van der Waals surface area contributed by atoms with Crippen molar-refractivity contribution in [2.75, 3.05) is 0 Å². The van der Waals surface area contributed by atoms with Crippen LogP contribution in [0.3, 0.4) is 0 Å². The fourth-order valence-corrected chi connectivity index (χ4v) is 1.49. The maximum absolute atomic E-state index is 12.8. The lowest BCUT2D eigenvalue weighted by Gasteiger charge is -2.10. The molecule has 1 aromatic rings. The van der Waals surface area contributed by atoms with Crippen LogP contribution in [0.2, 0.25) is 0 Å². The van der Waals surface area contributed by atoms with Crippen molar-refractivity contribution in [1.29, 1.82) is 0 Å². The Morgan fingerprint density at radius 2 is 2.15 bits per heavy atom. The van der Waals surface area contributed by atoms with Crippen molar-refractivity contribution in [2.45, 2.75) is 39.0 Å². The van der Waals surface area contributed by atoms with Crippen molar-refractivity contribution in [3.8, 4) is 0 Å². The first kappa shape index (κ1) is 10.2. The molecule has 1 heteroatoms. The largest absolute Gasteiger partial charge is 0.207 e. The molecule has 0 N–H and O–H groups in total. The van der Waals surface area contributed by atoms with Crippen LogP contribution >= 0.6 is 0 Å². The van der Waals surface area contributed by atoms with E-state index in [-0.39, 0.29) is 5.82 Å². The maximum Gasteiger partial charge on any atom is 0.123 e. The van der Waals surface area contributed by atoms with E-state index in [0.29, 0.717) is 5.92 Å². The molecular formula is C12H17F. The summed E-state index contributed by atoms with van der Waals surface area (Å²) < 4.78 is 12.8. The van der Waals surface area contributed by atoms with Crippen molar-refractivity contribution >= 4 is 0 Å². The van der Waals surface area contributed by atoms with E-state index in [1.54, 1.807) is 12.1 Å². The van der Waals surface area contributed by atoms with Gasteiger partial charge in [-0.15, -0.1) is 0 Å². The average Bonchev–Trinajstić information content (AvgIpc) is 2.14. The van der Waals surface area contributed by atoms with E-state index in [0.717, 1.165) is 12.0 Å². The van der Waals surface area contributed by atoms with Gasteiger partial charge in [0.15, 0.2) is 0 Å². The lowest BCUT2D eigenvalue weighted by atomic mass is 9.96. The molecule has 0 aliphatic rings. The van der Waals surface area contributed by atoms with Gasteiger partial charge in [0.05, 0.1) is 0 Å². The quantitative estimate of drug-likeness (QED) is 0.653. The van der Waals surface area contributed by atoms with Crippen LogP contribution in [0, 0.1) is 5.82 Å². The van der Waals surface area contributed by atoms with Crippen LogP contribution in [0.5, 0.6) is 0 Å². The monoisotopic (exact) mass is 180 g/mol. The Morgan fingerprint density at radius 1 is 1.38 bits per heavy atom. The standard InChI is InChI=1S/C12H17F/c1-3-4-6-10(2)11-7-5-8-12(13)9-11/h5,7-10H,3-4,6H2,1-2H3. The maximum atomic E-state index is 12.8. The van der Waals surface area contributed by atoms with Gasteiger partial charge in [0.1, 0.15) is 5.82 Å². The van der Waals surface area contributed by atoms with Gasteiger partial charge in [0.25, 0.3) is 0 Å². The van der Waals surface area contributed by atoms with E-state index in [1.807, 2.05) is 6.07 Å². The summed E-state index contributed by atoms with van der Waals surface area (Å²) in [4.78, 5) is 0. The zero-order valence-electron chi connectivity index (χ0n) is 8.39. The molecule has 0 nitrogen and oxygen atoms in total. The molecule has 0 fully saturated rings. The molecule has 0 radical (unpaired) electrons. The highest BCUT2D eigenvalue weighted by atomic mass is 19.1. The summed E-state index contributed by atoms with van der Waals surface area (Å²) in [5, 5.41) is 0. The van der Waals surface area contributed by atoms with Gasteiger partial charge in [-0.2, -0.15) is 0 Å². The van der Waals surface area contributed by atoms with E-state index in [9.17, 15) is 4.39 Å². The third-order valence-corrected chi connectivity index (χ3v) is 2.41. The summed E-state index contributed by atoms with van der Waals surface area (Å²) in [7, 11) is 0. The zero-order valence-corrected chi connectivity index (χ0v) is 8.39. The molecule has 13 heavy (non-hydrogen) atoms. The Morgan fingerprint density at radius 3 is 2.77 bits per heavy atom. The third kappa shape index (κ3) is 3.17.